The number of hydrogen-bond acceptors (Lipinski definition) is 4. The molecule has 0 aliphatic heterocycles. The first-order valence-electron chi connectivity index (χ1n) is 5.67. The topological polar surface area (TPSA) is 72.6 Å². The van der Waals surface area contributed by atoms with Crippen LogP contribution in [0.1, 0.15) is 18.1 Å². The Hall–Kier alpha value is -1.88. The molecule has 0 aromatic heterocycles. The highest BCUT2D eigenvalue weighted by atomic mass is 16.6. The van der Waals surface area contributed by atoms with Gasteiger partial charge in [-0.15, -0.1) is 0 Å². The molecule has 0 spiro atoms. The predicted octanol–water partition coefficient (Wildman–Crippen LogP) is 1.34. The number of ether oxygens (including phenoxy) is 1. The normalized spacial score (nSPS) is 13.9. The number of amides is 1. The minimum atomic E-state index is -0.846. The van der Waals surface area contributed by atoms with Crippen molar-refractivity contribution in [2.24, 2.45) is 5.73 Å². The van der Waals surface area contributed by atoms with Crippen molar-refractivity contribution in [3.8, 4) is 0 Å². The fraction of sp³-hybridized carbons (Fsp3) is 0.385. The Balaban J connectivity index is 3.02. The number of rotatable bonds is 6. The highest BCUT2D eigenvalue weighted by Crippen LogP contribution is 2.25. The molecule has 0 bridgehead atoms. The van der Waals surface area contributed by atoms with E-state index in [1.165, 1.54) is 0 Å². The van der Waals surface area contributed by atoms with Gasteiger partial charge in [-0.25, -0.2) is 4.79 Å². The molecule has 0 aliphatic rings. The van der Waals surface area contributed by atoms with E-state index in [9.17, 15) is 9.59 Å². The van der Waals surface area contributed by atoms with Crippen molar-refractivity contribution in [2.45, 2.75) is 18.6 Å². The molecule has 0 saturated carbocycles. The van der Waals surface area contributed by atoms with E-state index < -0.39 is 12.2 Å². The van der Waals surface area contributed by atoms with Gasteiger partial charge < -0.3 is 20.2 Å². The van der Waals surface area contributed by atoms with E-state index in [4.69, 9.17) is 10.5 Å². The smallest absolute Gasteiger partial charge is 0.405 e. The molecule has 1 aromatic rings. The fourth-order valence-electron chi connectivity index (χ4n) is 1.84. The van der Waals surface area contributed by atoms with Crippen molar-refractivity contribution >= 4 is 12.4 Å². The average Bonchev–Trinajstić information content (AvgIpc) is 2.34. The number of nitrogens with two attached hydrogens (primary N) is 1. The molecule has 1 rings (SSSR count). The van der Waals surface area contributed by atoms with E-state index in [0.717, 1.165) is 11.8 Å². The van der Waals surface area contributed by atoms with Crippen LogP contribution in [0, 0.1) is 0 Å². The van der Waals surface area contributed by atoms with E-state index in [2.05, 4.69) is 0 Å². The van der Waals surface area contributed by atoms with Gasteiger partial charge in [0.2, 0.25) is 0 Å². The van der Waals surface area contributed by atoms with Gasteiger partial charge >= 0.3 is 6.09 Å². The van der Waals surface area contributed by atoms with Crippen molar-refractivity contribution in [3.63, 3.8) is 0 Å². The first-order valence-corrected chi connectivity index (χ1v) is 5.67. The van der Waals surface area contributed by atoms with Gasteiger partial charge in [0, 0.05) is 6.42 Å². The SMILES string of the molecule is CN(C)C(CC=O)C(OC(N)=O)c1ccccc1. The summed E-state index contributed by atoms with van der Waals surface area (Å²) in [6.07, 6.45) is -0.323. The summed E-state index contributed by atoms with van der Waals surface area (Å²) in [6.45, 7) is 0. The molecule has 0 heterocycles. The Bertz CT molecular complexity index is 392. The van der Waals surface area contributed by atoms with Gasteiger partial charge in [-0.1, -0.05) is 30.3 Å². The van der Waals surface area contributed by atoms with Gasteiger partial charge in [-0.3, -0.25) is 0 Å². The second kappa shape index (κ2) is 6.76. The Morgan fingerprint density at radius 1 is 1.39 bits per heavy atom. The van der Waals surface area contributed by atoms with E-state index in [-0.39, 0.29) is 12.5 Å². The van der Waals surface area contributed by atoms with Crippen LogP contribution in [0.15, 0.2) is 30.3 Å². The third kappa shape index (κ3) is 3.85. The summed E-state index contributed by atoms with van der Waals surface area (Å²) in [5.74, 6) is 0. The molecule has 18 heavy (non-hydrogen) atoms. The molecule has 2 N–H and O–H groups in total. The standard InChI is InChI=1S/C13H18N2O3/c1-15(2)11(8-9-16)12(18-13(14)17)10-6-4-3-5-7-10/h3-7,9,11-12H,8H2,1-2H3,(H2,14,17). The summed E-state index contributed by atoms with van der Waals surface area (Å²) in [4.78, 5) is 23.6. The van der Waals surface area contributed by atoms with Gasteiger partial charge in [0.15, 0.2) is 0 Å². The number of benzene rings is 1. The predicted molar refractivity (Wildman–Crippen MR) is 68.0 cm³/mol. The Morgan fingerprint density at radius 2 is 2.00 bits per heavy atom. The van der Waals surface area contributed by atoms with Crippen molar-refractivity contribution in [3.05, 3.63) is 35.9 Å². The van der Waals surface area contributed by atoms with E-state index >= 15 is 0 Å². The molecule has 1 amide bonds. The van der Waals surface area contributed by atoms with Crippen LogP contribution in [-0.2, 0) is 9.53 Å². The first-order chi connectivity index (χ1) is 8.56. The molecule has 2 atom stereocenters. The molecule has 98 valence electrons. The molecule has 5 nitrogen and oxygen atoms in total. The monoisotopic (exact) mass is 250 g/mol. The highest BCUT2D eigenvalue weighted by Gasteiger charge is 2.27. The maximum Gasteiger partial charge on any atom is 0.405 e. The Morgan fingerprint density at radius 3 is 2.44 bits per heavy atom. The number of primary amides is 1. The summed E-state index contributed by atoms with van der Waals surface area (Å²) in [5, 5.41) is 0. The Kier molecular flexibility index (Phi) is 5.32. The number of likely N-dealkylation sites (N-methyl/N-ethyl adjacent to an activating group) is 1. The number of carbonyl (C=O) groups is 2. The molecular formula is C13H18N2O3. The molecule has 1 aromatic carbocycles. The lowest BCUT2D eigenvalue weighted by Crippen LogP contribution is -2.37. The molecule has 5 heteroatoms. The number of nitrogens with zero attached hydrogens (tertiary/aromatic N) is 1. The van der Waals surface area contributed by atoms with Gasteiger partial charge in [-0.05, 0) is 19.7 Å². The zero-order chi connectivity index (χ0) is 13.5. The summed E-state index contributed by atoms with van der Waals surface area (Å²) in [5.41, 5.74) is 5.91. The van der Waals surface area contributed by atoms with Crippen LogP contribution in [0.4, 0.5) is 4.79 Å². The molecule has 0 aliphatic carbocycles. The lowest BCUT2D eigenvalue weighted by molar-refractivity contribution is -0.109. The summed E-state index contributed by atoms with van der Waals surface area (Å²) in [6, 6.07) is 9.01. The van der Waals surface area contributed by atoms with Crippen LogP contribution in [0.3, 0.4) is 0 Å². The molecule has 0 radical (unpaired) electrons. The maximum atomic E-state index is 11.0. The number of aldehydes is 1. The first kappa shape index (κ1) is 14.2. The molecular weight excluding hydrogens is 232 g/mol. The largest absolute Gasteiger partial charge is 0.440 e. The zero-order valence-electron chi connectivity index (χ0n) is 10.6. The summed E-state index contributed by atoms with van der Waals surface area (Å²) >= 11 is 0. The highest BCUT2D eigenvalue weighted by molar-refractivity contribution is 5.65. The van der Waals surface area contributed by atoms with E-state index in [1.807, 2.05) is 49.3 Å². The van der Waals surface area contributed by atoms with E-state index in [1.54, 1.807) is 0 Å². The van der Waals surface area contributed by atoms with Gasteiger partial charge in [0.05, 0.1) is 6.04 Å². The van der Waals surface area contributed by atoms with Crippen LogP contribution in [0.25, 0.3) is 0 Å². The Labute approximate surface area is 107 Å². The van der Waals surface area contributed by atoms with Crippen LogP contribution in [-0.4, -0.2) is 37.4 Å². The van der Waals surface area contributed by atoms with Gasteiger partial charge in [-0.2, -0.15) is 0 Å². The van der Waals surface area contributed by atoms with Crippen molar-refractivity contribution < 1.29 is 14.3 Å². The van der Waals surface area contributed by atoms with Crippen molar-refractivity contribution in [1.29, 1.82) is 0 Å². The van der Waals surface area contributed by atoms with Gasteiger partial charge in [0.1, 0.15) is 12.4 Å². The quantitative estimate of drug-likeness (QED) is 0.773. The second-order valence-electron chi connectivity index (χ2n) is 4.20. The molecule has 2 unspecified atom stereocenters. The minimum Gasteiger partial charge on any atom is -0.440 e. The minimum absolute atomic E-state index is 0.239. The van der Waals surface area contributed by atoms with Crippen LogP contribution in [0.2, 0.25) is 0 Å². The van der Waals surface area contributed by atoms with Crippen LogP contribution in [0.5, 0.6) is 0 Å². The molecule has 0 fully saturated rings. The summed E-state index contributed by atoms with van der Waals surface area (Å²) in [7, 11) is 3.66. The van der Waals surface area contributed by atoms with Crippen LogP contribution < -0.4 is 5.73 Å². The van der Waals surface area contributed by atoms with Crippen molar-refractivity contribution in [2.75, 3.05) is 14.1 Å². The van der Waals surface area contributed by atoms with Crippen molar-refractivity contribution in [1.82, 2.24) is 4.90 Å². The number of carbonyl (C=O) groups excluding carboxylic acids is 2. The average molecular weight is 250 g/mol. The fourth-order valence-corrected chi connectivity index (χ4v) is 1.84. The van der Waals surface area contributed by atoms with Gasteiger partial charge in [0.25, 0.3) is 0 Å². The van der Waals surface area contributed by atoms with Crippen LogP contribution >= 0.6 is 0 Å². The van der Waals surface area contributed by atoms with E-state index in [0.29, 0.717) is 0 Å². The third-order valence-electron chi connectivity index (χ3n) is 2.72. The lowest BCUT2D eigenvalue weighted by atomic mass is 9.99. The maximum absolute atomic E-state index is 11.0. The zero-order valence-corrected chi connectivity index (χ0v) is 10.6. The summed E-state index contributed by atoms with van der Waals surface area (Å²) < 4.78 is 5.15. The third-order valence-corrected chi connectivity index (χ3v) is 2.72. The lowest BCUT2D eigenvalue weighted by Gasteiger charge is -2.30. The molecule has 0 saturated heterocycles. The second-order valence-corrected chi connectivity index (χ2v) is 4.20. The number of hydrogen-bond donors (Lipinski definition) is 1.